The van der Waals surface area contributed by atoms with E-state index in [9.17, 15) is 4.39 Å². The van der Waals surface area contributed by atoms with E-state index in [0.29, 0.717) is 6.54 Å². The lowest BCUT2D eigenvalue weighted by atomic mass is 10.1. The minimum Gasteiger partial charge on any atom is -0.303 e. The van der Waals surface area contributed by atoms with Crippen LogP contribution >= 0.6 is 0 Å². The molecule has 1 fully saturated rings. The number of alkyl halides is 1. The maximum atomic E-state index is 12.5. The van der Waals surface area contributed by atoms with Gasteiger partial charge in [-0.05, 0) is 7.05 Å². The Morgan fingerprint density at radius 3 is 2.25 bits per heavy atom. The normalized spacial score (nSPS) is 40.9. The van der Waals surface area contributed by atoms with Crippen LogP contribution in [0.4, 0.5) is 4.39 Å². The second kappa shape index (κ2) is 2.02. The molecule has 1 aliphatic heterocycles. The number of hydrogen-bond donors (Lipinski definition) is 0. The van der Waals surface area contributed by atoms with E-state index in [4.69, 9.17) is 0 Å². The van der Waals surface area contributed by atoms with Gasteiger partial charge in [0.25, 0.3) is 0 Å². The fraction of sp³-hybridized carbons (Fsp3) is 1.00. The first-order valence-corrected chi connectivity index (χ1v) is 3.03. The highest BCUT2D eigenvalue weighted by Gasteiger charge is 2.26. The van der Waals surface area contributed by atoms with Gasteiger partial charge in [-0.3, -0.25) is 0 Å². The zero-order valence-corrected chi connectivity index (χ0v) is 5.39. The Balaban J connectivity index is 2.39. The van der Waals surface area contributed by atoms with Crippen LogP contribution in [-0.4, -0.2) is 31.2 Å². The second-order valence-electron chi connectivity index (χ2n) is 2.71. The Labute approximate surface area is 49.5 Å². The summed E-state index contributed by atoms with van der Waals surface area (Å²) in [5.74, 6) is 0.250. The number of rotatable bonds is 0. The van der Waals surface area contributed by atoms with Crippen molar-refractivity contribution < 1.29 is 4.39 Å². The van der Waals surface area contributed by atoms with Crippen LogP contribution < -0.4 is 0 Å². The van der Waals surface area contributed by atoms with Crippen molar-refractivity contribution in [2.75, 3.05) is 20.1 Å². The molecule has 1 saturated heterocycles. The maximum absolute atomic E-state index is 12.5. The lowest BCUT2D eigenvalue weighted by molar-refractivity contribution is 0.289. The Morgan fingerprint density at radius 2 is 2.12 bits per heavy atom. The van der Waals surface area contributed by atoms with Crippen molar-refractivity contribution in [3.63, 3.8) is 0 Å². The van der Waals surface area contributed by atoms with Crippen LogP contribution in [0.25, 0.3) is 0 Å². The van der Waals surface area contributed by atoms with Crippen molar-refractivity contribution in [2.45, 2.75) is 13.1 Å². The Bertz CT molecular complexity index is 74.6. The quantitative estimate of drug-likeness (QED) is 0.455. The summed E-state index contributed by atoms with van der Waals surface area (Å²) in [7, 11) is 1.95. The van der Waals surface area contributed by atoms with Crippen LogP contribution in [0.1, 0.15) is 6.92 Å². The van der Waals surface area contributed by atoms with Gasteiger partial charge in [0, 0.05) is 19.0 Å². The summed E-state index contributed by atoms with van der Waals surface area (Å²) in [6.45, 7) is 3.50. The summed E-state index contributed by atoms with van der Waals surface area (Å²) in [4.78, 5) is 2.02. The number of hydrogen-bond acceptors (Lipinski definition) is 1. The molecular formula is C6H12FN. The third-order valence-electron chi connectivity index (χ3n) is 1.70. The van der Waals surface area contributed by atoms with Crippen LogP contribution in [0.5, 0.6) is 0 Å². The van der Waals surface area contributed by atoms with Gasteiger partial charge in [0.1, 0.15) is 6.17 Å². The van der Waals surface area contributed by atoms with Crippen LogP contribution in [0.3, 0.4) is 0 Å². The molecule has 1 aliphatic rings. The van der Waals surface area contributed by atoms with Crippen LogP contribution in [-0.2, 0) is 0 Å². The predicted molar refractivity (Wildman–Crippen MR) is 31.6 cm³/mol. The molecule has 0 aromatic heterocycles. The molecule has 8 heavy (non-hydrogen) atoms. The molecule has 0 saturated carbocycles. The molecule has 0 aromatic carbocycles. The van der Waals surface area contributed by atoms with Gasteiger partial charge in [-0.1, -0.05) is 6.92 Å². The SMILES string of the molecule is C[C@@H]1CN(C)C[C@@H]1F. The van der Waals surface area contributed by atoms with Crippen LogP contribution in [0.15, 0.2) is 0 Å². The average molecular weight is 117 g/mol. The van der Waals surface area contributed by atoms with E-state index in [-0.39, 0.29) is 5.92 Å². The molecule has 0 unspecified atom stereocenters. The summed E-state index contributed by atoms with van der Waals surface area (Å²) in [5, 5.41) is 0. The predicted octanol–water partition coefficient (Wildman–Crippen LogP) is 0.906. The summed E-state index contributed by atoms with van der Waals surface area (Å²) in [5.41, 5.74) is 0. The first-order valence-electron chi connectivity index (χ1n) is 3.03. The first-order chi connectivity index (χ1) is 3.70. The summed E-state index contributed by atoms with van der Waals surface area (Å²) < 4.78 is 12.5. The fourth-order valence-corrected chi connectivity index (χ4v) is 1.16. The van der Waals surface area contributed by atoms with Gasteiger partial charge < -0.3 is 4.90 Å². The second-order valence-corrected chi connectivity index (χ2v) is 2.71. The molecule has 2 heteroatoms. The first kappa shape index (κ1) is 6.02. The monoisotopic (exact) mass is 117 g/mol. The van der Waals surface area contributed by atoms with Crippen molar-refractivity contribution in [1.82, 2.24) is 4.90 Å². The number of likely N-dealkylation sites (tertiary alicyclic amines) is 1. The van der Waals surface area contributed by atoms with E-state index in [1.165, 1.54) is 0 Å². The van der Waals surface area contributed by atoms with Gasteiger partial charge in [0.2, 0.25) is 0 Å². The van der Waals surface area contributed by atoms with E-state index >= 15 is 0 Å². The van der Waals surface area contributed by atoms with E-state index in [2.05, 4.69) is 0 Å². The Morgan fingerprint density at radius 1 is 1.50 bits per heavy atom. The lowest BCUT2D eigenvalue weighted by Crippen LogP contribution is -2.13. The Hall–Kier alpha value is -0.110. The fourth-order valence-electron chi connectivity index (χ4n) is 1.16. The van der Waals surface area contributed by atoms with Gasteiger partial charge >= 0.3 is 0 Å². The van der Waals surface area contributed by atoms with Gasteiger partial charge in [0.05, 0.1) is 0 Å². The summed E-state index contributed by atoms with van der Waals surface area (Å²) in [6, 6.07) is 0. The molecular weight excluding hydrogens is 105 g/mol. The molecule has 0 bridgehead atoms. The van der Waals surface area contributed by atoms with Crippen molar-refractivity contribution in [1.29, 1.82) is 0 Å². The highest BCUT2D eigenvalue weighted by molar-refractivity contribution is 4.78. The minimum absolute atomic E-state index is 0.250. The van der Waals surface area contributed by atoms with Gasteiger partial charge in [-0.2, -0.15) is 0 Å². The third kappa shape index (κ3) is 0.996. The standard InChI is InChI=1S/C6H12FN/c1-5-3-8(2)4-6(5)7/h5-6H,3-4H2,1-2H3/t5-,6+/m1/s1. The molecule has 0 radical (unpaired) electrons. The largest absolute Gasteiger partial charge is 0.303 e. The molecule has 1 heterocycles. The Kier molecular flexibility index (Phi) is 1.52. The van der Waals surface area contributed by atoms with E-state index in [1.54, 1.807) is 0 Å². The van der Waals surface area contributed by atoms with Gasteiger partial charge in [-0.15, -0.1) is 0 Å². The molecule has 1 rings (SSSR count). The summed E-state index contributed by atoms with van der Waals surface area (Å²) in [6.07, 6.45) is -0.583. The third-order valence-corrected chi connectivity index (χ3v) is 1.70. The van der Waals surface area contributed by atoms with Crippen LogP contribution in [0.2, 0.25) is 0 Å². The molecule has 0 amide bonds. The maximum Gasteiger partial charge on any atom is 0.116 e. The van der Waals surface area contributed by atoms with Gasteiger partial charge in [0.15, 0.2) is 0 Å². The molecule has 1 nitrogen and oxygen atoms in total. The summed E-state index contributed by atoms with van der Waals surface area (Å²) >= 11 is 0. The van der Waals surface area contributed by atoms with Crippen molar-refractivity contribution in [3.05, 3.63) is 0 Å². The van der Waals surface area contributed by atoms with Crippen molar-refractivity contribution in [3.8, 4) is 0 Å². The van der Waals surface area contributed by atoms with E-state index in [0.717, 1.165) is 6.54 Å². The van der Waals surface area contributed by atoms with Crippen molar-refractivity contribution in [2.24, 2.45) is 5.92 Å². The molecule has 2 atom stereocenters. The minimum atomic E-state index is -0.583. The van der Waals surface area contributed by atoms with Crippen LogP contribution in [0, 0.1) is 5.92 Å². The molecule has 0 aromatic rings. The highest BCUT2D eigenvalue weighted by atomic mass is 19.1. The van der Waals surface area contributed by atoms with E-state index in [1.807, 2.05) is 18.9 Å². The lowest BCUT2D eigenvalue weighted by Gasteiger charge is -2.02. The smallest absolute Gasteiger partial charge is 0.116 e. The number of nitrogens with zero attached hydrogens (tertiary/aromatic N) is 1. The molecule has 0 spiro atoms. The van der Waals surface area contributed by atoms with Crippen molar-refractivity contribution >= 4 is 0 Å². The van der Waals surface area contributed by atoms with E-state index < -0.39 is 6.17 Å². The molecule has 0 aliphatic carbocycles. The van der Waals surface area contributed by atoms with Gasteiger partial charge in [-0.25, -0.2) is 4.39 Å². The zero-order valence-electron chi connectivity index (χ0n) is 5.39. The molecule has 0 N–H and O–H groups in total. The highest BCUT2D eigenvalue weighted by Crippen LogP contribution is 2.16. The zero-order chi connectivity index (χ0) is 6.15. The number of halogens is 1. The average Bonchev–Trinajstić information content (AvgIpc) is 1.85. The topological polar surface area (TPSA) is 3.24 Å². The molecule has 48 valence electrons.